The largest absolute Gasteiger partial charge is 0.497 e. The van der Waals surface area contributed by atoms with Gasteiger partial charge in [0.25, 0.3) is 0 Å². The Balaban J connectivity index is 1.71. The highest BCUT2D eigenvalue weighted by molar-refractivity contribution is 5.77. The molecule has 0 aliphatic carbocycles. The summed E-state index contributed by atoms with van der Waals surface area (Å²) in [5.74, 6) is 1.18. The van der Waals surface area contributed by atoms with E-state index in [0.29, 0.717) is 5.92 Å². The molecule has 0 bridgehead atoms. The molecule has 0 radical (unpaired) electrons. The topological polar surface area (TPSA) is 64.5 Å². The van der Waals surface area contributed by atoms with Crippen molar-refractivity contribution in [1.29, 1.82) is 0 Å². The van der Waals surface area contributed by atoms with E-state index in [4.69, 9.17) is 14.5 Å². The summed E-state index contributed by atoms with van der Waals surface area (Å²) in [6.07, 6.45) is 5.40. The molecule has 25 heavy (non-hydrogen) atoms. The number of methoxy groups -OCH3 is 2. The van der Waals surface area contributed by atoms with E-state index in [1.165, 1.54) is 0 Å². The first kappa shape index (κ1) is 17.4. The maximum absolute atomic E-state index is 11.9. The van der Waals surface area contributed by atoms with Crippen LogP contribution in [-0.4, -0.2) is 54.7 Å². The van der Waals surface area contributed by atoms with Crippen LogP contribution in [0.25, 0.3) is 11.3 Å². The molecule has 6 nitrogen and oxygen atoms in total. The van der Waals surface area contributed by atoms with E-state index in [0.717, 1.165) is 48.6 Å². The Morgan fingerprint density at radius 2 is 2.04 bits per heavy atom. The zero-order valence-corrected chi connectivity index (χ0v) is 14.6. The predicted octanol–water partition coefficient (Wildman–Crippen LogP) is 2.50. The molecule has 2 heterocycles. The molecule has 3 rings (SSSR count). The Morgan fingerprint density at radius 3 is 2.76 bits per heavy atom. The first-order chi connectivity index (χ1) is 12.2. The van der Waals surface area contributed by atoms with Gasteiger partial charge in [-0.1, -0.05) is 12.1 Å². The highest BCUT2D eigenvalue weighted by Gasteiger charge is 2.24. The Morgan fingerprint density at radius 1 is 1.24 bits per heavy atom. The number of likely N-dealkylation sites (tertiary alicyclic amines) is 1. The van der Waals surface area contributed by atoms with Crippen molar-refractivity contribution in [2.75, 3.05) is 33.9 Å². The summed E-state index contributed by atoms with van der Waals surface area (Å²) < 4.78 is 10.2. The van der Waals surface area contributed by atoms with Gasteiger partial charge in [-0.3, -0.25) is 9.78 Å². The molecule has 0 spiro atoms. The van der Waals surface area contributed by atoms with E-state index in [1.54, 1.807) is 20.4 Å². The number of carbonyl (C=O) groups is 1. The van der Waals surface area contributed by atoms with Crippen LogP contribution in [0, 0.1) is 0 Å². The minimum Gasteiger partial charge on any atom is -0.497 e. The van der Waals surface area contributed by atoms with Crippen molar-refractivity contribution in [3.8, 4) is 17.0 Å². The number of hydrogen-bond acceptors (Lipinski definition) is 5. The minimum absolute atomic E-state index is 0.0529. The highest BCUT2D eigenvalue weighted by atomic mass is 16.5. The summed E-state index contributed by atoms with van der Waals surface area (Å²) in [5.41, 5.74) is 2.81. The molecule has 1 aromatic heterocycles. The molecule has 0 unspecified atom stereocenters. The van der Waals surface area contributed by atoms with Crippen molar-refractivity contribution in [1.82, 2.24) is 14.9 Å². The van der Waals surface area contributed by atoms with E-state index < -0.39 is 0 Å². The number of amides is 1. The van der Waals surface area contributed by atoms with Gasteiger partial charge < -0.3 is 14.4 Å². The molecule has 1 fully saturated rings. The molecule has 1 saturated heterocycles. The number of hydrogen-bond donors (Lipinski definition) is 0. The summed E-state index contributed by atoms with van der Waals surface area (Å²) in [6, 6.07) is 7.82. The molecule has 0 atom stereocenters. The summed E-state index contributed by atoms with van der Waals surface area (Å²) in [5, 5.41) is 0. The third-order valence-electron chi connectivity index (χ3n) is 4.55. The number of piperidine rings is 1. The lowest BCUT2D eigenvalue weighted by atomic mass is 9.93. The summed E-state index contributed by atoms with van der Waals surface area (Å²) >= 11 is 0. The van der Waals surface area contributed by atoms with Gasteiger partial charge in [-0.05, 0) is 25.0 Å². The van der Waals surface area contributed by atoms with Crippen LogP contribution in [0.15, 0.2) is 36.7 Å². The lowest BCUT2D eigenvalue weighted by Gasteiger charge is -2.31. The van der Waals surface area contributed by atoms with E-state index in [-0.39, 0.29) is 12.5 Å². The minimum atomic E-state index is 0.0529. The van der Waals surface area contributed by atoms with Gasteiger partial charge in [-0.15, -0.1) is 0 Å². The van der Waals surface area contributed by atoms with Crippen molar-refractivity contribution in [3.05, 3.63) is 42.4 Å². The molecular weight excluding hydrogens is 318 g/mol. The first-order valence-corrected chi connectivity index (χ1v) is 8.44. The van der Waals surface area contributed by atoms with E-state index in [2.05, 4.69) is 4.98 Å². The van der Waals surface area contributed by atoms with Crippen LogP contribution in [0.3, 0.4) is 0 Å². The van der Waals surface area contributed by atoms with Gasteiger partial charge in [-0.2, -0.15) is 0 Å². The third kappa shape index (κ3) is 4.14. The van der Waals surface area contributed by atoms with Gasteiger partial charge >= 0.3 is 0 Å². The van der Waals surface area contributed by atoms with Gasteiger partial charge in [0, 0.05) is 37.9 Å². The fourth-order valence-corrected chi connectivity index (χ4v) is 3.14. The average molecular weight is 341 g/mol. The second-order valence-corrected chi connectivity index (χ2v) is 6.15. The molecule has 0 N–H and O–H groups in total. The molecule has 1 aromatic carbocycles. The zero-order valence-electron chi connectivity index (χ0n) is 14.6. The van der Waals surface area contributed by atoms with Crippen molar-refractivity contribution in [3.63, 3.8) is 0 Å². The van der Waals surface area contributed by atoms with E-state index in [1.807, 2.05) is 35.4 Å². The van der Waals surface area contributed by atoms with E-state index >= 15 is 0 Å². The van der Waals surface area contributed by atoms with Crippen molar-refractivity contribution >= 4 is 5.91 Å². The number of rotatable bonds is 5. The summed E-state index contributed by atoms with van der Waals surface area (Å²) in [4.78, 5) is 22.9. The summed E-state index contributed by atoms with van der Waals surface area (Å²) in [6.45, 7) is 1.62. The molecule has 0 saturated carbocycles. The van der Waals surface area contributed by atoms with Crippen molar-refractivity contribution < 1.29 is 14.3 Å². The molecule has 1 amide bonds. The van der Waals surface area contributed by atoms with Gasteiger partial charge in [0.05, 0.1) is 24.7 Å². The molecule has 1 aliphatic heterocycles. The van der Waals surface area contributed by atoms with Crippen LogP contribution >= 0.6 is 0 Å². The van der Waals surface area contributed by atoms with Gasteiger partial charge in [0.2, 0.25) is 5.91 Å². The number of nitrogens with zero attached hydrogens (tertiary/aromatic N) is 3. The Kier molecular flexibility index (Phi) is 5.60. The third-order valence-corrected chi connectivity index (χ3v) is 4.55. The second-order valence-electron chi connectivity index (χ2n) is 6.15. The monoisotopic (exact) mass is 341 g/mol. The van der Waals surface area contributed by atoms with Gasteiger partial charge in [-0.25, -0.2) is 4.98 Å². The molecule has 2 aromatic rings. The average Bonchev–Trinajstić information content (AvgIpc) is 2.68. The predicted molar refractivity (Wildman–Crippen MR) is 94.5 cm³/mol. The summed E-state index contributed by atoms with van der Waals surface area (Å²) in [7, 11) is 3.20. The first-order valence-electron chi connectivity index (χ1n) is 8.44. The molecule has 132 valence electrons. The quantitative estimate of drug-likeness (QED) is 0.836. The molecular formula is C19H23N3O3. The number of benzene rings is 1. The van der Waals surface area contributed by atoms with Gasteiger partial charge in [0.15, 0.2) is 0 Å². The standard InChI is InChI=1S/C19H23N3O3/c1-24-13-19(23)22-8-6-14(7-9-22)17-11-20-12-18(21-17)15-4-3-5-16(10-15)25-2/h3-5,10-12,14H,6-9,13H2,1-2H3. The Bertz CT molecular complexity index is 727. The normalized spacial score (nSPS) is 15.2. The highest BCUT2D eigenvalue weighted by Crippen LogP contribution is 2.28. The van der Waals surface area contributed by atoms with Crippen molar-refractivity contribution in [2.45, 2.75) is 18.8 Å². The van der Waals surface area contributed by atoms with Crippen LogP contribution in [0.5, 0.6) is 5.75 Å². The maximum Gasteiger partial charge on any atom is 0.248 e. The fraction of sp³-hybridized carbons (Fsp3) is 0.421. The Hall–Kier alpha value is -2.47. The zero-order chi connectivity index (χ0) is 17.6. The van der Waals surface area contributed by atoms with Crippen LogP contribution < -0.4 is 4.74 Å². The maximum atomic E-state index is 11.9. The smallest absolute Gasteiger partial charge is 0.248 e. The van der Waals surface area contributed by atoms with Crippen LogP contribution in [-0.2, 0) is 9.53 Å². The van der Waals surface area contributed by atoms with E-state index in [9.17, 15) is 4.79 Å². The number of carbonyl (C=O) groups excluding carboxylic acids is 1. The van der Waals surface area contributed by atoms with Gasteiger partial charge in [0.1, 0.15) is 12.4 Å². The number of aromatic nitrogens is 2. The van der Waals surface area contributed by atoms with Crippen LogP contribution in [0.1, 0.15) is 24.5 Å². The molecule has 1 aliphatic rings. The number of ether oxygens (including phenoxy) is 2. The lowest BCUT2D eigenvalue weighted by Crippen LogP contribution is -2.39. The lowest BCUT2D eigenvalue weighted by molar-refractivity contribution is -0.136. The SMILES string of the molecule is COCC(=O)N1CCC(c2cncc(-c3cccc(OC)c3)n2)CC1. The van der Waals surface area contributed by atoms with Crippen LogP contribution in [0.4, 0.5) is 0 Å². The second kappa shape index (κ2) is 8.07. The fourth-order valence-electron chi connectivity index (χ4n) is 3.14. The van der Waals surface area contributed by atoms with Crippen LogP contribution in [0.2, 0.25) is 0 Å². The molecule has 6 heteroatoms. The Labute approximate surface area is 147 Å². The van der Waals surface area contributed by atoms with Crippen molar-refractivity contribution in [2.24, 2.45) is 0 Å².